The van der Waals surface area contributed by atoms with E-state index in [9.17, 15) is 0 Å². The standard InChI is InChI=1S/Nd.HO4Si/c;1-5(2,3)4/h;1H/q+3;-3. The number of hydrogen-bond donors (Lipinski definition) is 1. The van der Waals surface area contributed by atoms with Gasteiger partial charge in [-0.25, -0.2) is 0 Å². The second-order valence-corrected chi connectivity index (χ2v) is 1.57. The average molecular weight is 237 g/mol. The zero-order valence-electron chi connectivity index (χ0n) is 2.67. The molecule has 0 spiro atoms. The van der Waals surface area contributed by atoms with Gasteiger partial charge in [-0.3, -0.25) is 0 Å². The van der Waals surface area contributed by atoms with Gasteiger partial charge in [-0.15, -0.1) is 9.05 Å². The molecule has 0 aromatic rings. The molecule has 1 radical (unpaired) electrons. The predicted molar refractivity (Wildman–Crippen MR) is 7.97 cm³/mol. The van der Waals surface area contributed by atoms with Crippen molar-refractivity contribution in [1.82, 2.24) is 0 Å². The zero-order chi connectivity index (χ0) is 4.50. The van der Waals surface area contributed by atoms with Crippen molar-refractivity contribution in [2.24, 2.45) is 0 Å². The summed E-state index contributed by atoms with van der Waals surface area (Å²) in [7, 11) is -5.36. The van der Waals surface area contributed by atoms with Gasteiger partial charge in [0.2, 0.25) is 0 Å². The minimum absolute atomic E-state index is 0. The van der Waals surface area contributed by atoms with E-state index in [4.69, 9.17) is 19.2 Å². The van der Waals surface area contributed by atoms with Crippen molar-refractivity contribution in [3.8, 4) is 0 Å². The largest absolute Gasteiger partial charge is 3.00 e. The Balaban J connectivity index is 0. The summed E-state index contributed by atoms with van der Waals surface area (Å²) in [5, 5.41) is 0. The molecule has 0 saturated carbocycles. The van der Waals surface area contributed by atoms with Crippen LogP contribution in [0.1, 0.15) is 0 Å². The first-order valence-corrected chi connectivity index (χ1v) is 2.51. The summed E-state index contributed by atoms with van der Waals surface area (Å²) in [4.78, 5) is 33.1. The molecule has 6 heteroatoms. The molecule has 0 heterocycles. The second-order valence-electron chi connectivity index (χ2n) is 0.524. The van der Waals surface area contributed by atoms with Crippen molar-refractivity contribution in [3.63, 3.8) is 0 Å². The molecule has 0 rings (SSSR count). The van der Waals surface area contributed by atoms with Crippen molar-refractivity contribution < 1.29 is 60.0 Å². The van der Waals surface area contributed by atoms with Crippen LogP contribution in [-0.2, 0) is 0 Å². The molecular formula is HNdO4Si. The first-order chi connectivity index (χ1) is 2.00. The van der Waals surface area contributed by atoms with Crippen LogP contribution >= 0.6 is 0 Å². The second kappa shape index (κ2) is 3.41. The van der Waals surface area contributed by atoms with Gasteiger partial charge in [-0.05, 0) is 0 Å². The Morgan fingerprint density at radius 1 is 1.17 bits per heavy atom. The van der Waals surface area contributed by atoms with Crippen LogP contribution in [0.4, 0.5) is 0 Å². The molecule has 0 aliphatic carbocycles. The van der Waals surface area contributed by atoms with Gasteiger partial charge in [0.15, 0.2) is 0 Å². The molecule has 0 amide bonds. The first kappa shape index (κ1) is 10.4. The van der Waals surface area contributed by atoms with Gasteiger partial charge in [-0.1, -0.05) is 0 Å². The van der Waals surface area contributed by atoms with E-state index in [1.165, 1.54) is 0 Å². The van der Waals surface area contributed by atoms with E-state index in [2.05, 4.69) is 0 Å². The average Bonchev–Trinajstić information content (AvgIpc) is 0.722. The van der Waals surface area contributed by atoms with E-state index >= 15 is 0 Å². The third-order valence-electron chi connectivity index (χ3n) is 0. The molecule has 6 heavy (non-hydrogen) atoms. The first-order valence-electron chi connectivity index (χ1n) is 0.836. The third kappa shape index (κ3) is 53.0. The van der Waals surface area contributed by atoms with Crippen molar-refractivity contribution >= 4 is 9.05 Å². The van der Waals surface area contributed by atoms with Crippen LogP contribution in [0.5, 0.6) is 0 Å². The van der Waals surface area contributed by atoms with Crippen molar-refractivity contribution in [2.45, 2.75) is 0 Å². The minimum Gasteiger partial charge on any atom is -0.861 e. The summed E-state index contributed by atoms with van der Waals surface area (Å²) in [6.45, 7) is 0. The Morgan fingerprint density at radius 2 is 1.17 bits per heavy atom. The third-order valence-corrected chi connectivity index (χ3v) is 0. The molecule has 0 saturated heterocycles. The fourth-order valence-electron chi connectivity index (χ4n) is 0. The summed E-state index contributed by atoms with van der Waals surface area (Å²) in [5.41, 5.74) is 0. The van der Waals surface area contributed by atoms with Crippen molar-refractivity contribution in [2.75, 3.05) is 0 Å². The van der Waals surface area contributed by atoms with E-state index in [-0.39, 0.29) is 40.8 Å². The Labute approximate surface area is 68.5 Å². The molecule has 4 nitrogen and oxygen atoms in total. The van der Waals surface area contributed by atoms with Crippen LogP contribution in [0.25, 0.3) is 0 Å². The molecule has 0 aliphatic heterocycles. The SMILES string of the molecule is [Nd+3].[O-][Si]([O-])([O-])O. The van der Waals surface area contributed by atoms with Gasteiger partial charge in [0.1, 0.15) is 0 Å². The molecule has 0 aromatic heterocycles. The fourth-order valence-corrected chi connectivity index (χ4v) is 0. The topological polar surface area (TPSA) is 89.4 Å². The fraction of sp³-hybridized carbons (Fsp3) is 0. The smallest absolute Gasteiger partial charge is 0.861 e. The molecule has 0 aliphatic rings. The normalized spacial score (nSPS) is 10.0. The number of hydrogen-bond acceptors (Lipinski definition) is 4. The quantitative estimate of drug-likeness (QED) is 0.430. The summed E-state index contributed by atoms with van der Waals surface area (Å²) < 4.78 is 0. The minimum atomic E-state index is -5.36. The van der Waals surface area contributed by atoms with Crippen LogP contribution < -0.4 is 14.4 Å². The van der Waals surface area contributed by atoms with Gasteiger partial charge in [0, 0.05) is 0 Å². The Hall–Kier alpha value is 1.41. The van der Waals surface area contributed by atoms with Crippen LogP contribution in [0, 0.1) is 40.8 Å². The van der Waals surface area contributed by atoms with E-state index in [1.54, 1.807) is 0 Å². The Bertz CT molecular complexity index is 23.0. The predicted octanol–water partition coefficient (Wildman–Crippen LogP) is -4.50. The summed E-state index contributed by atoms with van der Waals surface area (Å²) >= 11 is 0. The van der Waals surface area contributed by atoms with E-state index in [0.29, 0.717) is 0 Å². The monoisotopic (exact) mass is 235 g/mol. The van der Waals surface area contributed by atoms with Crippen LogP contribution in [0.3, 0.4) is 0 Å². The molecule has 0 unspecified atom stereocenters. The maximum atomic E-state index is 8.69. The Kier molecular flexibility index (Phi) is 5.92. The van der Waals surface area contributed by atoms with Gasteiger partial charge in [0.25, 0.3) is 0 Å². The maximum absolute atomic E-state index is 8.69. The van der Waals surface area contributed by atoms with E-state index < -0.39 is 9.05 Å². The van der Waals surface area contributed by atoms with E-state index in [1.807, 2.05) is 0 Å². The van der Waals surface area contributed by atoms with Crippen LogP contribution in [0.15, 0.2) is 0 Å². The summed E-state index contributed by atoms with van der Waals surface area (Å²) in [6, 6.07) is 0. The molecular weight excluding hydrogens is 236 g/mol. The van der Waals surface area contributed by atoms with E-state index in [0.717, 1.165) is 0 Å². The molecule has 0 aromatic carbocycles. The maximum Gasteiger partial charge on any atom is 3.00 e. The number of rotatable bonds is 0. The van der Waals surface area contributed by atoms with Crippen LogP contribution in [0.2, 0.25) is 0 Å². The van der Waals surface area contributed by atoms with Gasteiger partial charge < -0.3 is 19.2 Å². The van der Waals surface area contributed by atoms with Gasteiger partial charge in [0.05, 0.1) is 0 Å². The van der Waals surface area contributed by atoms with Crippen molar-refractivity contribution in [1.29, 1.82) is 0 Å². The molecule has 0 fully saturated rings. The summed E-state index contributed by atoms with van der Waals surface area (Å²) in [6.07, 6.45) is 0. The molecule has 0 atom stereocenters. The van der Waals surface area contributed by atoms with Gasteiger partial charge in [-0.2, -0.15) is 0 Å². The summed E-state index contributed by atoms with van der Waals surface area (Å²) in [5.74, 6) is 0. The molecule has 1 N–H and O–H groups in total. The Morgan fingerprint density at radius 3 is 1.17 bits per heavy atom. The molecule has 0 bridgehead atoms. The van der Waals surface area contributed by atoms with Crippen LogP contribution in [-0.4, -0.2) is 13.8 Å². The van der Waals surface area contributed by atoms with Gasteiger partial charge >= 0.3 is 40.8 Å². The molecule has 33 valence electrons. The zero-order valence-corrected chi connectivity index (χ0v) is 6.88. The van der Waals surface area contributed by atoms with Crippen molar-refractivity contribution in [3.05, 3.63) is 0 Å².